The van der Waals surface area contributed by atoms with Crippen molar-refractivity contribution in [3.63, 3.8) is 0 Å². The molecule has 0 fully saturated rings. The number of fused-ring (bicyclic) bond motifs is 14. The zero-order valence-corrected chi connectivity index (χ0v) is 36.8. The summed E-state index contributed by atoms with van der Waals surface area (Å²) in [4.78, 5) is 0. The van der Waals surface area contributed by atoms with Gasteiger partial charge in [0.15, 0.2) is 0 Å². The van der Waals surface area contributed by atoms with E-state index in [0.717, 1.165) is 6.42 Å². The Labute approximate surface area is 365 Å². The van der Waals surface area contributed by atoms with E-state index in [4.69, 9.17) is 0 Å². The third-order valence-electron chi connectivity index (χ3n) is 16.0. The van der Waals surface area contributed by atoms with Crippen LogP contribution in [0.25, 0.3) is 93.2 Å². The molecule has 0 bridgehead atoms. The molecule has 0 spiro atoms. The molecule has 62 heavy (non-hydrogen) atoms. The first-order valence-corrected chi connectivity index (χ1v) is 22.7. The van der Waals surface area contributed by atoms with Crippen LogP contribution in [0.3, 0.4) is 0 Å². The lowest BCUT2D eigenvalue weighted by Crippen LogP contribution is -2.17. The van der Waals surface area contributed by atoms with Gasteiger partial charge in [-0.05, 0) is 169 Å². The van der Waals surface area contributed by atoms with Gasteiger partial charge in [-0.1, -0.05) is 182 Å². The number of hydrogen-bond acceptors (Lipinski definition) is 0. The Balaban J connectivity index is 1.02. The minimum Gasteiger partial charge on any atom is -0.0810 e. The van der Waals surface area contributed by atoms with Crippen LogP contribution >= 0.6 is 0 Å². The van der Waals surface area contributed by atoms with Crippen molar-refractivity contribution < 1.29 is 0 Å². The molecule has 0 heteroatoms. The van der Waals surface area contributed by atoms with E-state index in [1.807, 2.05) is 0 Å². The van der Waals surface area contributed by atoms with Crippen LogP contribution in [0, 0.1) is 5.92 Å². The number of allylic oxidation sites excluding steroid dienone is 4. The summed E-state index contributed by atoms with van der Waals surface area (Å²) >= 11 is 0. The zero-order valence-electron chi connectivity index (χ0n) is 36.8. The van der Waals surface area contributed by atoms with Crippen molar-refractivity contribution >= 4 is 48.7 Å². The molecule has 0 aliphatic heterocycles. The van der Waals surface area contributed by atoms with Crippen molar-refractivity contribution in [3.8, 4) is 44.5 Å². The summed E-state index contributed by atoms with van der Waals surface area (Å²) in [7, 11) is 0. The predicted octanol–water partition coefficient (Wildman–Crippen LogP) is 16.9. The highest BCUT2D eigenvalue weighted by molar-refractivity contribution is 6.24. The maximum atomic E-state index is 2.58. The Kier molecular flexibility index (Phi) is 7.07. The highest BCUT2D eigenvalue weighted by Crippen LogP contribution is 2.59. The van der Waals surface area contributed by atoms with E-state index in [1.54, 1.807) is 5.57 Å². The Morgan fingerprint density at radius 2 is 0.919 bits per heavy atom. The predicted molar refractivity (Wildman–Crippen MR) is 265 cm³/mol. The summed E-state index contributed by atoms with van der Waals surface area (Å²) in [5.41, 5.74) is 22.2. The monoisotopic (exact) mass is 794 g/mol. The molecule has 0 heterocycles. The van der Waals surface area contributed by atoms with Gasteiger partial charge in [0.05, 0.1) is 0 Å². The standard InChI is InChI=1S/C62H50/c1-35-24-28-50-48(30-35)59-41-19-11-10-18-39(41)47(33-55(59)60(50,2)3)57-44-22-14-12-20-42(44)56(43-21-13-15-23-45(43)57)37-25-27-40-46-32-54-49(34-53(46)62(6,7)52(40)31-37)58-38-17-9-8-16-36(38)26-29-51(58)61(54,4)5/h8-29,31-35H,30H2,1-7H3. The van der Waals surface area contributed by atoms with Crippen molar-refractivity contribution in [2.75, 3.05) is 0 Å². The maximum Gasteiger partial charge on any atom is 0.0159 e. The summed E-state index contributed by atoms with van der Waals surface area (Å²) < 4.78 is 0. The highest BCUT2D eigenvalue weighted by Gasteiger charge is 2.43. The number of hydrogen-bond donors (Lipinski definition) is 0. The molecule has 298 valence electrons. The molecule has 1 atom stereocenters. The number of benzene rings is 9. The van der Waals surface area contributed by atoms with E-state index in [0.29, 0.717) is 5.92 Å². The van der Waals surface area contributed by atoms with Gasteiger partial charge >= 0.3 is 0 Å². The first-order chi connectivity index (χ1) is 29.9. The van der Waals surface area contributed by atoms with Crippen molar-refractivity contribution in [1.29, 1.82) is 0 Å². The van der Waals surface area contributed by atoms with Crippen LogP contribution in [-0.4, -0.2) is 0 Å². The molecule has 1 unspecified atom stereocenters. The molecule has 13 rings (SSSR count). The van der Waals surface area contributed by atoms with Crippen LogP contribution in [0.2, 0.25) is 0 Å². The largest absolute Gasteiger partial charge is 0.0810 e. The van der Waals surface area contributed by atoms with E-state index < -0.39 is 0 Å². The van der Waals surface area contributed by atoms with Gasteiger partial charge in [0, 0.05) is 16.2 Å². The molecule has 0 aromatic heterocycles. The molecule has 0 radical (unpaired) electrons. The molecule has 4 aliphatic carbocycles. The van der Waals surface area contributed by atoms with Crippen LogP contribution in [0.1, 0.15) is 88.3 Å². The molecule has 0 amide bonds. The second-order valence-electron chi connectivity index (χ2n) is 20.5. The molecule has 0 saturated carbocycles. The van der Waals surface area contributed by atoms with Crippen LogP contribution in [0.4, 0.5) is 0 Å². The van der Waals surface area contributed by atoms with Crippen LogP contribution < -0.4 is 0 Å². The van der Waals surface area contributed by atoms with E-state index in [2.05, 4.69) is 206 Å². The fourth-order valence-corrected chi connectivity index (χ4v) is 12.8. The Morgan fingerprint density at radius 3 is 1.61 bits per heavy atom. The van der Waals surface area contributed by atoms with Gasteiger partial charge in [0.2, 0.25) is 0 Å². The lowest BCUT2D eigenvalue weighted by Gasteiger charge is -2.26. The molecule has 4 aliphatic rings. The SMILES string of the molecule is CC1C=CC2=C(C1)c1c(cc(-c3c4ccccc4c(-c4ccc5c(c4)C(C)(C)c4cc6c(cc4-5)C(C)(C)c4ccc5ccccc5c4-6)c4ccccc34)c3ccccc13)C2(C)C. The van der Waals surface area contributed by atoms with E-state index in [9.17, 15) is 0 Å². The van der Waals surface area contributed by atoms with Crippen molar-refractivity contribution in [1.82, 2.24) is 0 Å². The summed E-state index contributed by atoms with van der Waals surface area (Å²) in [6.45, 7) is 17.0. The normalized spacial score (nSPS) is 18.3. The third-order valence-corrected chi connectivity index (χ3v) is 16.0. The summed E-state index contributed by atoms with van der Waals surface area (Å²) in [6.07, 6.45) is 5.95. The molecule has 0 nitrogen and oxygen atoms in total. The van der Waals surface area contributed by atoms with Crippen LogP contribution in [0.5, 0.6) is 0 Å². The Hall–Kier alpha value is -6.50. The van der Waals surface area contributed by atoms with Gasteiger partial charge < -0.3 is 0 Å². The van der Waals surface area contributed by atoms with Gasteiger partial charge in [-0.25, -0.2) is 0 Å². The van der Waals surface area contributed by atoms with E-state index in [1.165, 1.54) is 127 Å². The van der Waals surface area contributed by atoms with Gasteiger partial charge in [0.1, 0.15) is 0 Å². The van der Waals surface area contributed by atoms with Crippen LogP contribution in [0.15, 0.2) is 163 Å². The molecule has 9 aromatic rings. The van der Waals surface area contributed by atoms with Gasteiger partial charge in [-0.2, -0.15) is 0 Å². The average molecular weight is 795 g/mol. The first kappa shape index (κ1) is 36.2. The van der Waals surface area contributed by atoms with Crippen LogP contribution in [-0.2, 0) is 16.2 Å². The molecular formula is C62H50. The average Bonchev–Trinajstić information content (AvgIpc) is 3.75. The second kappa shape index (κ2) is 12.1. The zero-order chi connectivity index (χ0) is 42.0. The quantitative estimate of drug-likeness (QED) is 0.153. The van der Waals surface area contributed by atoms with Gasteiger partial charge in [-0.3, -0.25) is 0 Å². The maximum absolute atomic E-state index is 2.58. The fraction of sp³-hybridized carbons (Fsp3) is 0.194. The summed E-state index contributed by atoms with van der Waals surface area (Å²) in [6, 6.07) is 56.4. The molecule has 9 aromatic carbocycles. The van der Waals surface area contributed by atoms with Crippen molar-refractivity contribution in [3.05, 3.63) is 197 Å². The van der Waals surface area contributed by atoms with E-state index in [-0.39, 0.29) is 16.2 Å². The topological polar surface area (TPSA) is 0 Å². The molecule has 0 N–H and O–H groups in total. The Morgan fingerprint density at radius 1 is 0.387 bits per heavy atom. The molecular weight excluding hydrogens is 745 g/mol. The first-order valence-electron chi connectivity index (χ1n) is 22.7. The number of rotatable bonds is 2. The highest BCUT2D eigenvalue weighted by atomic mass is 14.5. The lowest BCUT2D eigenvalue weighted by molar-refractivity contribution is 0.644. The third kappa shape index (κ3) is 4.53. The molecule has 0 saturated heterocycles. The summed E-state index contributed by atoms with van der Waals surface area (Å²) in [5.74, 6) is 0.541. The Bertz CT molecular complexity index is 3520. The van der Waals surface area contributed by atoms with Gasteiger partial charge in [-0.15, -0.1) is 0 Å². The lowest BCUT2D eigenvalue weighted by atomic mass is 9.77. The minimum atomic E-state index is -0.172. The van der Waals surface area contributed by atoms with Crippen molar-refractivity contribution in [2.24, 2.45) is 5.92 Å². The second-order valence-corrected chi connectivity index (χ2v) is 20.5. The van der Waals surface area contributed by atoms with E-state index >= 15 is 0 Å². The smallest absolute Gasteiger partial charge is 0.0159 e. The fourth-order valence-electron chi connectivity index (χ4n) is 12.8. The summed E-state index contributed by atoms with van der Waals surface area (Å²) in [5, 5.41) is 10.6. The van der Waals surface area contributed by atoms with Gasteiger partial charge in [0.25, 0.3) is 0 Å². The minimum absolute atomic E-state index is 0.0759. The van der Waals surface area contributed by atoms with Crippen molar-refractivity contribution in [2.45, 2.75) is 71.1 Å².